The smallest absolute Gasteiger partial charge is 0.325 e. The van der Waals surface area contributed by atoms with Crippen LogP contribution in [0.5, 0.6) is 0 Å². The molecular weight excluding hydrogens is 294 g/mol. The van der Waals surface area contributed by atoms with Crippen molar-refractivity contribution >= 4 is 17.8 Å². The number of hydrogen-bond acceptors (Lipinski definition) is 3. The third kappa shape index (κ3) is 3.70. The SMILES string of the molecule is CC[C@H](NC(=O)CN1C(=O)NC(C)(C)C1=O)c1ccc(C)cc1. The molecular formula is C17H23N3O3. The van der Waals surface area contributed by atoms with Crippen molar-refractivity contribution in [1.82, 2.24) is 15.5 Å². The molecule has 0 aromatic heterocycles. The molecule has 0 unspecified atom stereocenters. The molecule has 2 rings (SSSR count). The van der Waals surface area contributed by atoms with Crippen LogP contribution >= 0.6 is 0 Å². The number of carbonyl (C=O) groups excluding carboxylic acids is 3. The maximum Gasteiger partial charge on any atom is 0.325 e. The van der Waals surface area contributed by atoms with Crippen LogP contribution in [0.1, 0.15) is 44.4 Å². The zero-order chi connectivity index (χ0) is 17.2. The summed E-state index contributed by atoms with van der Waals surface area (Å²) in [6, 6.07) is 7.26. The summed E-state index contributed by atoms with van der Waals surface area (Å²) in [4.78, 5) is 37.1. The van der Waals surface area contributed by atoms with E-state index in [1.807, 2.05) is 38.1 Å². The minimum Gasteiger partial charge on any atom is -0.348 e. The van der Waals surface area contributed by atoms with Gasteiger partial charge in [0.15, 0.2) is 0 Å². The summed E-state index contributed by atoms with van der Waals surface area (Å²) < 4.78 is 0. The second-order valence-electron chi connectivity index (χ2n) is 6.39. The van der Waals surface area contributed by atoms with Crippen molar-refractivity contribution in [2.45, 2.75) is 45.7 Å². The molecule has 2 N–H and O–H groups in total. The maximum atomic E-state index is 12.2. The summed E-state index contributed by atoms with van der Waals surface area (Å²) in [6.07, 6.45) is 0.723. The predicted molar refractivity (Wildman–Crippen MR) is 86.7 cm³/mol. The Hall–Kier alpha value is -2.37. The number of imide groups is 1. The Kier molecular flexibility index (Phi) is 4.73. The van der Waals surface area contributed by atoms with Gasteiger partial charge in [-0.15, -0.1) is 0 Å². The van der Waals surface area contributed by atoms with Gasteiger partial charge < -0.3 is 10.6 Å². The first-order valence-electron chi connectivity index (χ1n) is 7.74. The van der Waals surface area contributed by atoms with Crippen molar-refractivity contribution in [2.75, 3.05) is 6.54 Å². The molecule has 1 aromatic carbocycles. The Bertz CT molecular complexity index is 622. The standard InChI is InChI=1S/C17H23N3O3/c1-5-13(12-8-6-11(2)7-9-12)18-14(21)10-20-15(22)17(3,4)19-16(20)23/h6-9,13H,5,10H2,1-4H3,(H,18,21)(H,19,23)/t13-/m0/s1. The second kappa shape index (κ2) is 6.40. The summed E-state index contributed by atoms with van der Waals surface area (Å²) >= 11 is 0. The van der Waals surface area contributed by atoms with Gasteiger partial charge in [-0.25, -0.2) is 4.79 Å². The number of amides is 4. The summed E-state index contributed by atoms with van der Waals surface area (Å²) in [6.45, 7) is 6.94. The number of nitrogens with zero attached hydrogens (tertiary/aromatic N) is 1. The minimum absolute atomic E-state index is 0.142. The molecule has 0 radical (unpaired) electrons. The van der Waals surface area contributed by atoms with Gasteiger partial charge in [0.05, 0.1) is 6.04 Å². The lowest BCUT2D eigenvalue weighted by Gasteiger charge is -2.20. The number of rotatable bonds is 5. The average molecular weight is 317 g/mol. The Balaban J connectivity index is 2.02. The minimum atomic E-state index is -0.960. The van der Waals surface area contributed by atoms with E-state index in [4.69, 9.17) is 0 Å². The van der Waals surface area contributed by atoms with E-state index in [9.17, 15) is 14.4 Å². The highest BCUT2D eigenvalue weighted by Gasteiger charge is 2.44. The lowest BCUT2D eigenvalue weighted by atomic mass is 10.0. The van der Waals surface area contributed by atoms with Crippen LogP contribution in [0.3, 0.4) is 0 Å². The highest BCUT2D eigenvalue weighted by Crippen LogP contribution is 2.19. The number of benzene rings is 1. The van der Waals surface area contributed by atoms with Gasteiger partial charge in [-0.2, -0.15) is 0 Å². The van der Waals surface area contributed by atoms with Gasteiger partial charge in [0.1, 0.15) is 12.1 Å². The third-order valence-electron chi connectivity index (χ3n) is 3.97. The molecule has 0 saturated carbocycles. The molecule has 6 nitrogen and oxygen atoms in total. The van der Waals surface area contributed by atoms with Gasteiger partial charge in [-0.1, -0.05) is 36.8 Å². The Morgan fingerprint density at radius 2 is 1.87 bits per heavy atom. The molecule has 0 aliphatic carbocycles. The van der Waals surface area contributed by atoms with Crippen LogP contribution < -0.4 is 10.6 Å². The van der Waals surface area contributed by atoms with E-state index in [1.165, 1.54) is 0 Å². The normalized spacial score (nSPS) is 17.8. The first-order chi connectivity index (χ1) is 10.7. The van der Waals surface area contributed by atoms with E-state index in [0.29, 0.717) is 0 Å². The van der Waals surface area contributed by atoms with Crippen LogP contribution in [0.15, 0.2) is 24.3 Å². The Morgan fingerprint density at radius 3 is 2.35 bits per heavy atom. The van der Waals surface area contributed by atoms with Crippen molar-refractivity contribution in [3.8, 4) is 0 Å². The van der Waals surface area contributed by atoms with Gasteiger partial charge in [0.25, 0.3) is 5.91 Å². The first kappa shape index (κ1) is 17.0. The van der Waals surface area contributed by atoms with Gasteiger partial charge in [-0.05, 0) is 32.8 Å². The number of nitrogens with one attached hydrogen (secondary N) is 2. The van der Waals surface area contributed by atoms with E-state index in [0.717, 1.165) is 22.4 Å². The average Bonchev–Trinajstić information content (AvgIpc) is 2.68. The van der Waals surface area contributed by atoms with Crippen LogP contribution in [0.4, 0.5) is 4.79 Å². The third-order valence-corrected chi connectivity index (χ3v) is 3.97. The van der Waals surface area contributed by atoms with Crippen LogP contribution in [0.25, 0.3) is 0 Å². The number of urea groups is 1. The van der Waals surface area contributed by atoms with Crippen molar-refractivity contribution in [3.05, 3.63) is 35.4 Å². The molecule has 1 saturated heterocycles. The molecule has 1 aliphatic rings. The fourth-order valence-corrected chi connectivity index (χ4v) is 2.56. The molecule has 1 fully saturated rings. The van der Waals surface area contributed by atoms with E-state index in [2.05, 4.69) is 10.6 Å². The molecule has 1 heterocycles. The van der Waals surface area contributed by atoms with Crippen LogP contribution in [-0.4, -0.2) is 34.8 Å². The molecule has 1 atom stereocenters. The van der Waals surface area contributed by atoms with E-state index in [1.54, 1.807) is 13.8 Å². The quantitative estimate of drug-likeness (QED) is 0.814. The summed E-state index contributed by atoms with van der Waals surface area (Å²) in [7, 11) is 0. The number of aryl methyl sites for hydroxylation is 1. The molecule has 124 valence electrons. The molecule has 23 heavy (non-hydrogen) atoms. The molecule has 0 bridgehead atoms. The largest absolute Gasteiger partial charge is 0.348 e. The van der Waals surface area contributed by atoms with Crippen LogP contribution in [0, 0.1) is 6.92 Å². The molecule has 0 spiro atoms. The van der Waals surface area contributed by atoms with Gasteiger partial charge in [0.2, 0.25) is 5.91 Å². The lowest BCUT2D eigenvalue weighted by molar-refractivity contribution is -0.134. The summed E-state index contributed by atoms with van der Waals surface area (Å²) in [5, 5.41) is 5.45. The molecule has 6 heteroatoms. The fourth-order valence-electron chi connectivity index (χ4n) is 2.56. The first-order valence-corrected chi connectivity index (χ1v) is 7.74. The number of hydrogen-bond donors (Lipinski definition) is 2. The molecule has 1 aromatic rings. The van der Waals surface area contributed by atoms with Crippen LogP contribution in [0.2, 0.25) is 0 Å². The highest BCUT2D eigenvalue weighted by atomic mass is 16.2. The number of carbonyl (C=O) groups is 3. The maximum absolute atomic E-state index is 12.2. The van der Waals surface area contributed by atoms with Gasteiger partial charge in [0, 0.05) is 0 Å². The molecule has 4 amide bonds. The van der Waals surface area contributed by atoms with Crippen LogP contribution in [-0.2, 0) is 9.59 Å². The second-order valence-corrected chi connectivity index (χ2v) is 6.39. The highest BCUT2D eigenvalue weighted by molar-refractivity contribution is 6.08. The predicted octanol–water partition coefficient (Wildman–Crippen LogP) is 1.89. The van der Waals surface area contributed by atoms with Gasteiger partial charge in [-0.3, -0.25) is 14.5 Å². The summed E-state index contributed by atoms with van der Waals surface area (Å²) in [5.74, 6) is -0.736. The van der Waals surface area contributed by atoms with E-state index in [-0.39, 0.29) is 24.4 Å². The van der Waals surface area contributed by atoms with Crippen molar-refractivity contribution in [3.63, 3.8) is 0 Å². The van der Waals surface area contributed by atoms with E-state index < -0.39 is 11.6 Å². The Morgan fingerprint density at radius 1 is 1.26 bits per heavy atom. The lowest BCUT2D eigenvalue weighted by Crippen LogP contribution is -2.43. The topological polar surface area (TPSA) is 78.5 Å². The van der Waals surface area contributed by atoms with Crippen molar-refractivity contribution in [1.29, 1.82) is 0 Å². The molecule has 1 aliphatic heterocycles. The van der Waals surface area contributed by atoms with Crippen molar-refractivity contribution in [2.24, 2.45) is 0 Å². The monoisotopic (exact) mass is 317 g/mol. The van der Waals surface area contributed by atoms with Gasteiger partial charge >= 0.3 is 6.03 Å². The summed E-state index contributed by atoms with van der Waals surface area (Å²) in [5.41, 5.74) is 1.19. The van der Waals surface area contributed by atoms with Crippen molar-refractivity contribution < 1.29 is 14.4 Å². The Labute approximate surface area is 136 Å². The zero-order valence-corrected chi connectivity index (χ0v) is 14.0. The fraction of sp³-hybridized carbons (Fsp3) is 0.471. The van der Waals surface area contributed by atoms with E-state index >= 15 is 0 Å². The zero-order valence-electron chi connectivity index (χ0n) is 14.0.